The Morgan fingerprint density at radius 3 is 3.12 bits per heavy atom. The van der Waals surface area contributed by atoms with Crippen LogP contribution in [0.15, 0.2) is 9.90 Å². The zero-order chi connectivity index (χ0) is 11.4. The van der Waals surface area contributed by atoms with E-state index in [4.69, 9.17) is 15.0 Å². The predicted molar refractivity (Wildman–Crippen MR) is 58.9 cm³/mol. The molecular weight excluding hydrogens is 228 g/mol. The minimum atomic E-state index is 0.337. The van der Waals surface area contributed by atoms with E-state index in [0.29, 0.717) is 30.6 Å². The third-order valence-corrected chi connectivity index (χ3v) is 2.78. The number of nitrogens with two attached hydrogens (primary N) is 1. The lowest BCUT2D eigenvalue weighted by Gasteiger charge is -1.88. The van der Waals surface area contributed by atoms with Crippen molar-refractivity contribution in [2.75, 3.05) is 13.7 Å². The van der Waals surface area contributed by atoms with E-state index in [1.807, 2.05) is 5.38 Å². The molecule has 16 heavy (non-hydrogen) atoms. The molecule has 7 heteroatoms. The van der Waals surface area contributed by atoms with Crippen LogP contribution in [0.2, 0.25) is 0 Å². The first kappa shape index (κ1) is 11.2. The summed E-state index contributed by atoms with van der Waals surface area (Å²) >= 11 is 1.54. The van der Waals surface area contributed by atoms with Crippen LogP contribution in [0.1, 0.15) is 10.8 Å². The van der Waals surface area contributed by atoms with Gasteiger partial charge in [0.2, 0.25) is 0 Å². The van der Waals surface area contributed by atoms with Crippen LogP contribution in [0.3, 0.4) is 0 Å². The SMILES string of the molecule is COCc1noc(-c2csc(CCN)n2)n1. The molecule has 0 aliphatic rings. The maximum atomic E-state index is 5.45. The summed E-state index contributed by atoms with van der Waals surface area (Å²) in [4.78, 5) is 8.50. The van der Waals surface area contributed by atoms with Crippen molar-refractivity contribution in [3.63, 3.8) is 0 Å². The monoisotopic (exact) mass is 240 g/mol. The molecule has 6 nitrogen and oxygen atoms in total. The summed E-state index contributed by atoms with van der Waals surface area (Å²) in [6.07, 6.45) is 0.768. The highest BCUT2D eigenvalue weighted by molar-refractivity contribution is 7.09. The highest BCUT2D eigenvalue weighted by Crippen LogP contribution is 2.20. The molecule has 0 fully saturated rings. The quantitative estimate of drug-likeness (QED) is 0.833. The first-order valence-corrected chi connectivity index (χ1v) is 5.68. The number of rotatable bonds is 5. The Labute approximate surface area is 96.4 Å². The van der Waals surface area contributed by atoms with Crippen molar-refractivity contribution in [3.8, 4) is 11.6 Å². The van der Waals surface area contributed by atoms with Gasteiger partial charge < -0.3 is 15.0 Å². The van der Waals surface area contributed by atoms with Gasteiger partial charge >= 0.3 is 0 Å². The van der Waals surface area contributed by atoms with Crippen LogP contribution in [-0.4, -0.2) is 28.8 Å². The van der Waals surface area contributed by atoms with Crippen molar-refractivity contribution in [1.82, 2.24) is 15.1 Å². The van der Waals surface area contributed by atoms with Crippen molar-refractivity contribution in [2.45, 2.75) is 13.0 Å². The molecule has 0 aliphatic carbocycles. The third-order valence-electron chi connectivity index (χ3n) is 1.87. The summed E-state index contributed by atoms with van der Waals surface area (Å²) < 4.78 is 9.97. The summed E-state index contributed by atoms with van der Waals surface area (Å²) in [5, 5.41) is 6.63. The molecule has 0 radical (unpaired) electrons. The molecule has 0 aromatic carbocycles. The van der Waals surface area contributed by atoms with E-state index in [9.17, 15) is 0 Å². The fourth-order valence-corrected chi connectivity index (χ4v) is 1.98. The molecule has 0 spiro atoms. The summed E-state index contributed by atoms with van der Waals surface area (Å²) in [5.41, 5.74) is 6.15. The first-order chi connectivity index (χ1) is 7.83. The summed E-state index contributed by atoms with van der Waals surface area (Å²) in [6, 6.07) is 0. The van der Waals surface area contributed by atoms with Gasteiger partial charge in [0.25, 0.3) is 5.89 Å². The number of ether oxygens (including phenoxy) is 1. The van der Waals surface area contributed by atoms with E-state index in [1.165, 1.54) is 0 Å². The van der Waals surface area contributed by atoms with E-state index >= 15 is 0 Å². The van der Waals surface area contributed by atoms with Gasteiger partial charge in [0.1, 0.15) is 12.3 Å². The maximum Gasteiger partial charge on any atom is 0.277 e. The number of nitrogens with zero attached hydrogens (tertiary/aromatic N) is 3. The van der Waals surface area contributed by atoms with E-state index in [1.54, 1.807) is 18.4 Å². The number of hydrogen-bond donors (Lipinski definition) is 1. The molecule has 0 unspecified atom stereocenters. The van der Waals surface area contributed by atoms with Gasteiger partial charge in [-0.25, -0.2) is 4.98 Å². The van der Waals surface area contributed by atoms with E-state index < -0.39 is 0 Å². The molecule has 0 saturated heterocycles. The highest BCUT2D eigenvalue weighted by Gasteiger charge is 2.11. The van der Waals surface area contributed by atoms with Crippen molar-refractivity contribution in [2.24, 2.45) is 5.73 Å². The molecule has 86 valence electrons. The predicted octanol–water partition coefficient (Wildman–Crippen LogP) is 0.841. The van der Waals surface area contributed by atoms with Crippen molar-refractivity contribution < 1.29 is 9.26 Å². The van der Waals surface area contributed by atoms with Gasteiger partial charge in [0, 0.05) is 18.9 Å². The summed E-state index contributed by atoms with van der Waals surface area (Å²) in [7, 11) is 1.58. The van der Waals surface area contributed by atoms with Gasteiger partial charge in [-0.3, -0.25) is 0 Å². The van der Waals surface area contributed by atoms with Gasteiger partial charge in [-0.2, -0.15) is 4.98 Å². The Morgan fingerprint density at radius 2 is 2.38 bits per heavy atom. The van der Waals surface area contributed by atoms with Crippen LogP contribution in [-0.2, 0) is 17.8 Å². The van der Waals surface area contributed by atoms with Crippen LogP contribution in [0.25, 0.3) is 11.6 Å². The van der Waals surface area contributed by atoms with Gasteiger partial charge in [0.15, 0.2) is 5.82 Å². The molecule has 0 atom stereocenters. The van der Waals surface area contributed by atoms with Crippen LogP contribution in [0, 0.1) is 0 Å². The molecule has 0 aliphatic heterocycles. The second-order valence-electron chi connectivity index (χ2n) is 3.11. The first-order valence-electron chi connectivity index (χ1n) is 4.80. The molecule has 2 aromatic rings. The Hall–Kier alpha value is -1.31. The Kier molecular flexibility index (Phi) is 3.60. The summed E-state index contributed by atoms with van der Waals surface area (Å²) in [6.45, 7) is 0.926. The number of methoxy groups -OCH3 is 1. The van der Waals surface area contributed by atoms with Gasteiger partial charge in [-0.05, 0) is 6.54 Å². The van der Waals surface area contributed by atoms with Crippen LogP contribution < -0.4 is 5.73 Å². The van der Waals surface area contributed by atoms with Crippen molar-refractivity contribution >= 4 is 11.3 Å². The lowest BCUT2D eigenvalue weighted by molar-refractivity contribution is 0.174. The number of hydrogen-bond acceptors (Lipinski definition) is 7. The number of aromatic nitrogens is 3. The summed E-state index contributed by atoms with van der Waals surface area (Å²) in [5.74, 6) is 0.942. The molecule has 0 saturated carbocycles. The minimum Gasteiger partial charge on any atom is -0.377 e. The molecule has 2 heterocycles. The van der Waals surface area contributed by atoms with Gasteiger partial charge in [0.05, 0.1) is 5.01 Å². The lowest BCUT2D eigenvalue weighted by Crippen LogP contribution is -2.01. The standard InChI is InChI=1S/C9H12N4O2S/c1-14-4-7-12-9(15-13-7)6-5-16-8(11-6)2-3-10/h5H,2-4,10H2,1H3. The minimum absolute atomic E-state index is 0.337. The Bertz CT molecular complexity index is 412. The van der Waals surface area contributed by atoms with Gasteiger partial charge in [-0.15, -0.1) is 11.3 Å². The smallest absolute Gasteiger partial charge is 0.277 e. The zero-order valence-corrected chi connectivity index (χ0v) is 9.66. The van der Waals surface area contributed by atoms with E-state index in [-0.39, 0.29) is 0 Å². The fraction of sp³-hybridized carbons (Fsp3) is 0.444. The zero-order valence-electron chi connectivity index (χ0n) is 8.84. The molecule has 0 amide bonds. The second-order valence-corrected chi connectivity index (χ2v) is 4.06. The average Bonchev–Trinajstić information content (AvgIpc) is 2.87. The van der Waals surface area contributed by atoms with Crippen LogP contribution in [0.5, 0.6) is 0 Å². The average molecular weight is 240 g/mol. The Balaban J connectivity index is 2.14. The third kappa shape index (κ3) is 2.43. The van der Waals surface area contributed by atoms with Crippen LogP contribution in [0.4, 0.5) is 0 Å². The maximum absolute atomic E-state index is 5.45. The fourth-order valence-electron chi connectivity index (χ4n) is 1.19. The normalized spacial score (nSPS) is 10.9. The molecule has 2 aromatic heterocycles. The highest BCUT2D eigenvalue weighted by atomic mass is 32.1. The molecular formula is C9H12N4O2S. The van der Waals surface area contributed by atoms with E-state index in [0.717, 1.165) is 11.4 Å². The Morgan fingerprint density at radius 1 is 1.50 bits per heavy atom. The largest absolute Gasteiger partial charge is 0.377 e. The van der Waals surface area contributed by atoms with Crippen molar-refractivity contribution in [3.05, 3.63) is 16.2 Å². The van der Waals surface area contributed by atoms with Gasteiger partial charge in [-0.1, -0.05) is 5.16 Å². The molecule has 2 N–H and O–H groups in total. The second kappa shape index (κ2) is 5.15. The van der Waals surface area contributed by atoms with Crippen LogP contribution >= 0.6 is 11.3 Å². The number of thiazole rings is 1. The topological polar surface area (TPSA) is 87.1 Å². The lowest BCUT2D eigenvalue weighted by atomic mass is 10.4. The molecule has 0 bridgehead atoms. The van der Waals surface area contributed by atoms with E-state index in [2.05, 4.69) is 15.1 Å². The molecule has 2 rings (SSSR count). The van der Waals surface area contributed by atoms with Crippen molar-refractivity contribution in [1.29, 1.82) is 0 Å².